The summed E-state index contributed by atoms with van der Waals surface area (Å²) >= 11 is 5.85. The fourth-order valence-corrected chi connectivity index (χ4v) is 2.53. The Morgan fingerprint density at radius 3 is 2.55 bits per heavy atom. The lowest BCUT2D eigenvalue weighted by molar-refractivity contribution is -0.133. The van der Waals surface area contributed by atoms with E-state index < -0.39 is 11.8 Å². The average molecular weight is 315 g/mol. The van der Waals surface area contributed by atoms with E-state index in [2.05, 4.69) is 0 Å². The maximum atomic E-state index is 13.6. The Morgan fingerprint density at radius 1 is 1.00 bits per heavy atom. The molecule has 0 aromatic heterocycles. The number of hydrogen-bond acceptors (Lipinski definition) is 2. The van der Waals surface area contributed by atoms with Crippen molar-refractivity contribution in [2.45, 2.75) is 6.42 Å². The van der Waals surface area contributed by atoms with Crippen molar-refractivity contribution in [3.05, 3.63) is 77.1 Å². The first-order valence-electron chi connectivity index (χ1n) is 6.76. The first-order valence-corrected chi connectivity index (χ1v) is 7.14. The van der Waals surface area contributed by atoms with Gasteiger partial charge in [-0.2, -0.15) is 0 Å². The molecule has 2 nitrogen and oxygen atoms in total. The number of carbonyl (C=O) groups is 1. The summed E-state index contributed by atoms with van der Waals surface area (Å²) in [7, 11) is 0. The summed E-state index contributed by atoms with van der Waals surface area (Å²) in [5.74, 6) is -1.43. The Hall–Kier alpha value is -2.39. The quantitative estimate of drug-likeness (QED) is 0.513. The second-order valence-electron chi connectivity index (χ2n) is 4.84. The molecule has 0 fully saturated rings. The molecule has 0 spiro atoms. The van der Waals surface area contributed by atoms with Gasteiger partial charge in [0.2, 0.25) is 0 Å². The smallest absolute Gasteiger partial charge is 0.315 e. The molecule has 0 heterocycles. The van der Waals surface area contributed by atoms with Crippen LogP contribution in [-0.2, 0) is 11.2 Å². The molecule has 0 atom stereocenters. The van der Waals surface area contributed by atoms with E-state index >= 15 is 0 Å². The molecule has 0 N–H and O–H groups in total. The molecule has 22 heavy (non-hydrogen) atoms. The molecule has 3 aromatic carbocycles. The first-order chi connectivity index (χ1) is 10.6. The maximum Gasteiger partial charge on any atom is 0.315 e. The van der Waals surface area contributed by atoms with Gasteiger partial charge in [0.1, 0.15) is 0 Å². The van der Waals surface area contributed by atoms with E-state index in [1.165, 1.54) is 18.2 Å². The molecule has 0 saturated heterocycles. The number of benzene rings is 3. The molecular formula is C18H12ClFO2. The third-order valence-electron chi connectivity index (χ3n) is 3.35. The summed E-state index contributed by atoms with van der Waals surface area (Å²) in [6.45, 7) is 0. The van der Waals surface area contributed by atoms with Crippen LogP contribution in [0.5, 0.6) is 5.75 Å². The second-order valence-corrected chi connectivity index (χ2v) is 5.25. The highest BCUT2D eigenvalue weighted by molar-refractivity contribution is 6.32. The maximum absolute atomic E-state index is 13.6. The van der Waals surface area contributed by atoms with Gasteiger partial charge in [0.25, 0.3) is 0 Å². The van der Waals surface area contributed by atoms with Gasteiger partial charge < -0.3 is 4.74 Å². The zero-order valence-electron chi connectivity index (χ0n) is 11.6. The molecular weight excluding hydrogens is 303 g/mol. The Bertz CT molecular complexity index is 820. The number of carbonyl (C=O) groups excluding carboxylic acids is 1. The normalized spacial score (nSPS) is 10.6. The molecule has 0 bridgehead atoms. The number of para-hydroxylation sites is 1. The Balaban J connectivity index is 1.85. The molecule has 0 unspecified atom stereocenters. The van der Waals surface area contributed by atoms with Crippen molar-refractivity contribution in [1.82, 2.24) is 0 Å². The highest BCUT2D eigenvalue weighted by Crippen LogP contribution is 2.28. The Labute approximate surface area is 132 Å². The zero-order chi connectivity index (χ0) is 15.5. The molecule has 0 saturated carbocycles. The molecule has 4 heteroatoms. The van der Waals surface area contributed by atoms with E-state index in [4.69, 9.17) is 16.3 Å². The number of hydrogen-bond donors (Lipinski definition) is 0. The SMILES string of the molecule is O=C(Cc1cccc2ccccc12)Oc1c(F)cccc1Cl. The van der Waals surface area contributed by atoms with Crippen molar-refractivity contribution in [1.29, 1.82) is 0 Å². The van der Waals surface area contributed by atoms with Gasteiger partial charge in [-0.3, -0.25) is 4.79 Å². The van der Waals surface area contributed by atoms with Crippen molar-refractivity contribution in [3.8, 4) is 5.75 Å². The predicted molar refractivity (Wildman–Crippen MR) is 84.7 cm³/mol. The van der Waals surface area contributed by atoms with E-state index in [0.29, 0.717) is 0 Å². The van der Waals surface area contributed by atoms with Crippen LogP contribution in [-0.4, -0.2) is 5.97 Å². The van der Waals surface area contributed by atoms with Crippen LogP contribution in [0.4, 0.5) is 4.39 Å². The lowest BCUT2D eigenvalue weighted by atomic mass is 10.0. The van der Waals surface area contributed by atoms with Gasteiger partial charge >= 0.3 is 5.97 Å². The predicted octanol–water partition coefficient (Wildman–Crippen LogP) is 4.78. The summed E-state index contributed by atoms with van der Waals surface area (Å²) in [5, 5.41) is 2.09. The van der Waals surface area contributed by atoms with E-state index in [9.17, 15) is 9.18 Å². The molecule has 3 aromatic rings. The molecule has 0 radical (unpaired) electrons. The van der Waals surface area contributed by atoms with Crippen LogP contribution >= 0.6 is 11.6 Å². The highest BCUT2D eigenvalue weighted by Gasteiger charge is 2.14. The number of rotatable bonds is 3. The minimum absolute atomic E-state index is 0.0476. The Morgan fingerprint density at radius 2 is 1.73 bits per heavy atom. The van der Waals surface area contributed by atoms with Gasteiger partial charge in [0.05, 0.1) is 11.4 Å². The summed E-state index contributed by atoms with van der Waals surface area (Å²) in [6, 6.07) is 17.6. The second kappa shape index (κ2) is 6.16. The van der Waals surface area contributed by atoms with Gasteiger partial charge in [0, 0.05) is 0 Å². The third kappa shape index (κ3) is 2.95. The van der Waals surface area contributed by atoms with Crippen molar-refractivity contribution in [2.24, 2.45) is 0 Å². The molecule has 0 aliphatic rings. The van der Waals surface area contributed by atoms with Crippen LogP contribution in [0.1, 0.15) is 5.56 Å². The van der Waals surface area contributed by atoms with Gasteiger partial charge in [-0.25, -0.2) is 4.39 Å². The largest absolute Gasteiger partial charge is 0.422 e. The fourth-order valence-electron chi connectivity index (χ4n) is 2.33. The van der Waals surface area contributed by atoms with Crippen molar-refractivity contribution < 1.29 is 13.9 Å². The summed E-state index contributed by atoms with van der Waals surface area (Å²) in [6.07, 6.45) is 0.0476. The van der Waals surface area contributed by atoms with Crippen LogP contribution in [0.2, 0.25) is 5.02 Å². The zero-order valence-corrected chi connectivity index (χ0v) is 12.3. The van der Waals surface area contributed by atoms with Crippen LogP contribution in [0.25, 0.3) is 10.8 Å². The van der Waals surface area contributed by atoms with E-state index in [0.717, 1.165) is 16.3 Å². The monoisotopic (exact) mass is 314 g/mol. The minimum Gasteiger partial charge on any atom is -0.422 e. The fraction of sp³-hybridized carbons (Fsp3) is 0.0556. The van der Waals surface area contributed by atoms with Crippen LogP contribution in [0.15, 0.2) is 60.7 Å². The summed E-state index contributed by atoms with van der Waals surface area (Å²) < 4.78 is 18.7. The van der Waals surface area contributed by atoms with Gasteiger partial charge in [-0.15, -0.1) is 0 Å². The lowest BCUT2D eigenvalue weighted by Crippen LogP contribution is -2.12. The molecule has 0 amide bonds. The van der Waals surface area contributed by atoms with Crippen LogP contribution in [0, 0.1) is 5.82 Å². The van der Waals surface area contributed by atoms with Gasteiger partial charge in [-0.05, 0) is 28.5 Å². The summed E-state index contributed by atoms with van der Waals surface area (Å²) in [5.41, 5.74) is 0.829. The molecule has 0 aliphatic heterocycles. The summed E-state index contributed by atoms with van der Waals surface area (Å²) in [4.78, 5) is 12.1. The van der Waals surface area contributed by atoms with Crippen molar-refractivity contribution >= 4 is 28.3 Å². The minimum atomic E-state index is -0.654. The topological polar surface area (TPSA) is 26.3 Å². The van der Waals surface area contributed by atoms with Gasteiger partial charge in [-0.1, -0.05) is 60.1 Å². The third-order valence-corrected chi connectivity index (χ3v) is 3.65. The molecule has 110 valence electrons. The molecule has 0 aliphatic carbocycles. The van der Waals surface area contributed by atoms with Crippen LogP contribution < -0.4 is 4.74 Å². The van der Waals surface area contributed by atoms with E-state index in [1.807, 2.05) is 42.5 Å². The van der Waals surface area contributed by atoms with Crippen LogP contribution in [0.3, 0.4) is 0 Å². The Kier molecular flexibility index (Phi) is 4.07. The number of fused-ring (bicyclic) bond motifs is 1. The van der Waals surface area contributed by atoms with E-state index in [1.54, 1.807) is 0 Å². The van der Waals surface area contributed by atoms with Gasteiger partial charge in [0.15, 0.2) is 11.6 Å². The highest BCUT2D eigenvalue weighted by atomic mass is 35.5. The first kappa shape index (κ1) is 14.5. The number of esters is 1. The number of ether oxygens (including phenoxy) is 1. The van der Waals surface area contributed by atoms with Crippen molar-refractivity contribution in [2.75, 3.05) is 0 Å². The average Bonchev–Trinajstić information content (AvgIpc) is 2.51. The standard InChI is InChI=1S/C18H12ClFO2/c19-15-9-4-10-16(20)18(15)22-17(21)11-13-7-3-6-12-5-1-2-8-14(12)13/h1-10H,11H2. The lowest BCUT2D eigenvalue weighted by Gasteiger charge is -2.09. The van der Waals surface area contributed by atoms with E-state index in [-0.39, 0.29) is 17.2 Å². The molecule has 3 rings (SSSR count). The number of halogens is 2. The van der Waals surface area contributed by atoms with Crippen molar-refractivity contribution in [3.63, 3.8) is 0 Å².